The van der Waals surface area contributed by atoms with Gasteiger partial charge >= 0.3 is 0 Å². The average molecular weight is 481 g/mol. The van der Waals surface area contributed by atoms with Gasteiger partial charge in [0.15, 0.2) is 11.5 Å². The van der Waals surface area contributed by atoms with E-state index in [0.29, 0.717) is 47.5 Å². The number of rotatable bonds is 2. The summed E-state index contributed by atoms with van der Waals surface area (Å²) in [5.74, 6) is 1.23. The highest BCUT2D eigenvalue weighted by Gasteiger charge is 2.19. The SMILES string of the molecule is Oc1c(Br)c(Cl)c(Br)c2nc3c(Oc4ccccc4)cccc3nc12. The molecule has 4 aromatic rings. The Bertz CT molecular complexity index is 1120. The summed E-state index contributed by atoms with van der Waals surface area (Å²) in [5, 5.41) is 10.7. The predicted molar refractivity (Wildman–Crippen MR) is 106 cm³/mol. The van der Waals surface area contributed by atoms with Gasteiger partial charge < -0.3 is 9.84 Å². The van der Waals surface area contributed by atoms with Gasteiger partial charge in [-0.2, -0.15) is 0 Å². The summed E-state index contributed by atoms with van der Waals surface area (Å²) in [4.78, 5) is 9.17. The number of aromatic hydroxyl groups is 1. The normalized spacial score (nSPS) is 11.2. The molecule has 3 aromatic carbocycles. The first kappa shape index (κ1) is 16.6. The summed E-state index contributed by atoms with van der Waals surface area (Å²) < 4.78 is 6.87. The third kappa shape index (κ3) is 2.84. The van der Waals surface area contributed by atoms with Gasteiger partial charge in [0.1, 0.15) is 22.3 Å². The number of aromatic nitrogens is 2. The van der Waals surface area contributed by atoms with Crippen molar-refractivity contribution in [2.45, 2.75) is 0 Å². The second kappa shape index (κ2) is 6.44. The van der Waals surface area contributed by atoms with Crippen LogP contribution in [0.3, 0.4) is 0 Å². The topological polar surface area (TPSA) is 55.2 Å². The molecule has 0 unspecified atom stereocenters. The Morgan fingerprint density at radius 3 is 2.36 bits per heavy atom. The van der Waals surface area contributed by atoms with E-state index < -0.39 is 0 Å². The molecule has 0 fully saturated rings. The van der Waals surface area contributed by atoms with E-state index in [1.165, 1.54) is 0 Å². The van der Waals surface area contributed by atoms with Crippen molar-refractivity contribution in [3.05, 3.63) is 62.5 Å². The number of benzene rings is 3. The third-order valence-electron chi connectivity index (χ3n) is 3.65. The zero-order valence-electron chi connectivity index (χ0n) is 12.5. The first-order valence-electron chi connectivity index (χ1n) is 7.25. The summed E-state index contributed by atoms with van der Waals surface area (Å²) in [7, 11) is 0. The van der Waals surface area contributed by atoms with Crippen LogP contribution in [0.5, 0.6) is 17.2 Å². The van der Waals surface area contributed by atoms with Crippen molar-refractivity contribution in [3.63, 3.8) is 0 Å². The van der Waals surface area contributed by atoms with Crippen molar-refractivity contribution >= 4 is 65.5 Å². The van der Waals surface area contributed by atoms with Crippen LogP contribution in [0.25, 0.3) is 22.1 Å². The van der Waals surface area contributed by atoms with Crippen molar-refractivity contribution in [2.75, 3.05) is 0 Å². The summed E-state index contributed by atoms with van der Waals surface area (Å²) in [6.45, 7) is 0. The van der Waals surface area contributed by atoms with Gasteiger partial charge in [0.05, 0.1) is 19.5 Å². The number of phenolic OH excluding ortho intramolecular Hbond substituents is 1. The van der Waals surface area contributed by atoms with Crippen LogP contribution in [0.15, 0.2) is 57.5 Å². The van der Waals surface area contributed by atoms with Crippen LogP contribution in [0.4, 0.5) is 0 Å². The Hall–Kier alpha value is -1.89. The van der Waals surface area contributed by atoms with Crippen LogP contribution in [-0.2, 0) is 0 Å². The summed E-state index contributed by atoms with van der Waals surface area (Å²) in [6, 6.07) is 14.9. The van der Waals surface area contributed by atoms with Crippen molar-refractivity contribution < 1.29 is 9.84 Å². The van der Waals surface area contributed by atoms with E-state index in [4.69, 9.17) is 16.3 Å². The molecule has 1 N–H and O–H groups in total. The molecule has 1 aromatic heterocycles. The standard InChI is InChI=1S/C18H9Br2ClN2O2/c19-12-14(21)13(20)18(24)17-16(12)23-15-10(22-17)7-4-8-11(15)25-9-5-2-1-3-6-9/h1-8,24H. The zero-order chi connectivity index (χ0) is 17.6. The first-order valence-corrected chi connectivity index (χ1v) is 9.21. The molecular formula is C18H9Br2ClN2O2. The summed E-state index contributed by atoms with van der Waals surface area (Å²) >= 11 is 12.9. The molecule has 25 heavy (non-hydrogen) atoms. The lowest BCUT2D eigenvalue weighted by molar-refractivity contribution is 0.476. The Morgan fingerprint density at radius 1 is 0.840 bits per heavy atom. The maximum atomic E-state index is 10.3. The quantitative estimate of drug-likeness (QED) is 0.264. The minimum Gasteiger partial charge on any atom is -0.504 e. The highest BCUT2D eigenvalue weighted by atomic mass is 79.9. The molecule has 0 spiro atoms. The number of fused-ring (bicyclic) bond motifs is 2. The van der Waals surface area contributed by atoms with Gasteiger partial charge in [0.2, 0.25) is 0 Å². The largest absolute Gasteiger partial charge is 0.504 e. The summed E-state index contributed by atoms with van der Waals surface area (Å²) in [6.07, 6.45) is 0. The molecule has 0 aliphatic heterocycles. The molecular weight excluding hydrogens is 471 g/mol. The maximum Gasteiger partial charge on any atom is 0.159 e. The van der Waals surface area contributed by atoms with Gasteiger partial charge in [-0.25, -0.2) is 9.97 Å². The molecule has 1 heterocycles. The Labute approximate surface area is 164 Å². The maximum absolute atomic E-state index is 10.3. The number of hydrogen-bond donors (Lipinski definition) is 1. The molecule has 7 heteroatoms. The Morgan fingerprint density at radius 2 is 1.60 bits per heavy atom. The second-order valence-electron chi connectivity index (χ2n) is 5.25. The van der Waals surface area contributed by atoms with E-state index >= 15 is 0 Å². The monoisotopic (exact) mass is 478 g/mol. The number of para-hydroxylation sites is 2. The Balaban J connectivity index is 2.00. The van der Waals surface area contributed by atoms with Gasteiger partial charge in [-0.05, 0) is 56.1 Å². The number of ether oxygens (including phenoxy) is 1. The van der Waals surface area contributed by atoms with Crippen molar-refractivity contribution in [3.8, 4) is 17.2 Å². The average Bonchev–Trinajstić information content (AvgIpc) is 2.65. The van der Waals surface area contributed by atoms with Crippen molar-refractivity contribution in [2.24, 2.45) is 0 Å². The fourth-order valence-corrected chi connectivity index (χ4v) is 3.78. The lowest BCUT2D eigenvalue weighted by Gasteiger charge is -2.11. The van der Waals surface area contributed by atoms with Crippen LogP contribution in [0.1, 0.15) is 0 Å². The fraction of sp³-hybridized carbons (Fsp3) is 0. The van der Waals surface area contributed by atoms with Crippen molar-refractivity contribution in [1.29, 1.82) is 0 Å². The number of phenols is 1. The molecule has 0 amide bonds. The van der Waals surface area contributed by atoms with E-state index in [1.54, 1.807) is 0 Å². The molecule has 4 nitrogen and oxygen atoms in total. The molecule has 4 rings (SSSR count). The van der Waals surface area contributed by atoms with Crippen molar-refractivity contribution in [1.82, 2.24) is 9.97 Å². The molecule has 0 aliphatic rings. The lowest BCUT2D eigenvalue weighted by Crippen LogP contribution is -1.94. The fourth-order valence-electron chi connectivity index (χ4n) is 2.48. The highest BCUT2D eigenvalue weighted by molar-refractivity contribution is 9.11. The minimum atomic E-state index is -0.0491. The van der Waals surface area contributed by atoms with Crippen LogP contribution >= 0.6 is 43.5 Å². The third-order valence-corrected chi connectivity index (χ3v) is 6.03. The van der Waals surface area contributed by atoms with Crippen LogP contribution in [0, 0.1) is 0 Å². The highest BCUT2D eigenvalue weighted by Crippen LogP contribution is 2.44. The predicted octanol–water partition coefficient (Wildman–Crippen LogP) is 6.46. The van der Waals surface area contributed by atoms with Crippen LogP contribution in [-0.4, -0.2) is 15.1 Å². The van der Waals surface area contributed by atoms with E-state index in [1.807, 2.05) is 48.5 Å². The van der Waals surface area contributed by atoms with E-state index in [2.05, 4.69) is 41.8 Å². The second-order valence-corrected chi connectivity index (χ2v) is 7.21. The van der Waals surface area contributed by atoms with Gasteiger partial charge in [-0.3, -0.25) is 0 Å². The van der Waals surface area contributed by atoms with E-state index in [-0.39, 0.29) is 5.75 Å². The molecule has 0 radical (unpaired) electrons. The first-order chi connectivity index (χ1) is 12.1. The van der Waals surface area contributed by atoms with Gasteiger partial charge in [0, 0.05) is 0 Å². The van der Waals surface area contributed by atoms with Gasteiger partial charge in [-0.1, -0.05) is 35.9 Å². The van der Waals surface area contributed by atoms with E-state index in [0.717, 1.165) is 0 Å². The molecule has 0 aliphatic carbocycles. The minimum absolute atomic E-state index is 0.0491. The number of nitrogens with zero attached hydrogens (tertiary/aromatic N) is 2. The van der Waals surface area contributed by atoms with Gasteiger partial charge in [0.25, 0.3) is 0 Å². The lowest BCUT2D eigenvalue weighted by atomic mass is 10.2. The summed E-state index contributed by atoms with van der Waals surface area (Å²) in [5.41, 5.74) is 2.00. The molecule has 0 atom stereocenters. The van der Waals surface area contributed by atoms with Gasteiger partial charge in [-0.15, -0.1) is 0 Å². The number of halogens is 3. The zero-order valence-corrected chi connectivity index (χ0v) is 16.4. The molecule has 0 saturated carbocycles. The molecule has 124 valence electrons. The van der Waals surface area contributed by atoms with E-state index in [9.17, 15) is 5.11 Å². The van der Waals surface area contributed by atoms with Crippen LogP contribution in [0.2, 0.25) is 5.02 Å². The Kier molecular flexibility index (Phi) is 4.27. The van der Waals surface area contributed by atoms with Crippen LogP contribution < -0.4 is 4.74 Å². The molecule has 0 bridgehead atoms. The molecule has 0 saturated heterocycles. The smallest absolute Gasteiger partial charge is 0.159 e. The number of hydrogen-bond acceptors (Lipinski definition) is 4.